The summed E-state index contributed by atoms with van der Waals surface area (Å²) in [6.45, 7) is 3.19. The van der Waals surface area contributed by atoms with Crippen molar-refractivity contribution in [1.29, 1.82) is 0 Å². The van der Waals surface area contributed by atoms with Crippen molar-refractivity contribution < 1.29 is 0 Å². The van der Waals surface area contributed by atoms with Crippen LogP contribution in [-0.4, -0.2) is 16.3 Å². The van der Waals surface area contributed by atoms with Crippen LogP contribution in [0.5, 0.6) is 0 Å². The lowest BCUT2D eigenvalue weighted by atomic mass is 10.2. The third-order valence-corrected chi connectivity index (χ3v) is 3.78. The first-order chi connectivity index (χ1) is 7.77. The standard InChI is InChI=1S/C12H17N3S/c1-10(12-4-3-9-16-12)13-7-5-11-6-8-14-15(11)2/h3-4,6,8-10,13H,5,7H2,1-2H3/t10-/m0/s1. The first kappa shape index (κ1) is 11.4. The molecule has 2 heterocycles. The van der Waals surface area contributed by atoms with Crippen LogP contribution in [0.4, 0.5) is 0 Å². The molecule has 2 aromatic rings. The van der Waals surface area contributed by atoms with Gasteiger partial charge in [0, 0.05) is 42.8 Å². The summed E-state index contributed by atoms with van der Waals surface area (Å²) in [5.74, 6) is 0. The molecule has 0 unspecified atom stereocenters. The molecule has 0 aliphatic rings. The zero-order valence-electron chi connectivity index (χ0n) is 9.68. The van der Waals surface area contributed by atoms with Gasteiger partial charge in [0.15, 0.2) is 0 Å². The van der Waals surface area contributed by atoms with E-state index in [1.165, 1.54) is 10.6 Å². The summed E-state index contributed by atoms with van der Waals surface area (Å²) in [5.41, 5.74) is 1.27. The molecule has 1 N–H and O–H groups in total. The Kier molecular flexibility index (Phi) is 3.74. The summed E-state index contributed by atoms with van der Waals surface area (Å²) in [4.78, 5) is 1.39. The van der Waals surface area contributed by atoms with Crippen LogP contribution < -0.4 is 5.32 Å². The Morgan fingerprint density at radius 1 is 1.50 bits per heavy atom. The van der Waals surface area contributed by atoms with Gasteiger partial charge in [-0.15, -0.1) is 11.3 Å². The van der Waals surface area contributed by atoms with Gasteiger partial charge in [-0.05, 0) is 24.4 Å². The van der Waals surface area contributed by atoms with E-state index in [0.717, 1.165) is 13.0 Å². The molecule has 1 atom stereocenters. The van der Waals surface area contributed by atoms with Crippen LogP contribution in [0.2, 0.25) is 0 Å². The average molecular weight is 235 g/mol. The maximum absolute atomic E-state index is 4.16. The van der Waals surface area contributed by atoms with Crippen molar-refractivity contribution in [2.24, 2.45) is 7.05 Å². The van der Waals surface area contributed by atoms with E-state index in [4.69, 9.17) is 0 Å². The largest absolute Gasteiger partial charge is 0.309 e. The molecule has 0 saturated heterocycles. The predicted octanol–water partition coefficient (Wildman–Crippen LogP) is 2.37. The summed E-state index contributed by atoms with van der Waals surface area (Å²) < 4.78 is 1.93. The number of hydrogen-bond acceptors (Lipinski definition) is 3. The lowest BCUT2D eigenvalue weighted by Crippen LogP contribution is -2.21. The van der Waals surface area contributed by atoms with Crippen LogP contribution in [-0.2, 0) is 13.5 Å². The van der Waals surface area contributed by atoms with Crippen molar-refractivity contribution in [2.75, 3.05) is 6.54 Å². The summed E-state index contributed by atoms with van der Waals surface area (Å²) in [7, 11) is 1.98. The van der Waals surface area contributed by atoms with E-state index in [9.17, 15) is 0 Å². The van der Waals surface area contributed by atoms with Crippen molar-refractivity contribution >= 4 is 11.3 Å². The number of rotatable bonds is 5. The van der Waals surface area contributed by atoms with Gasteiger partial charge in [0.1, 0.15) is 0 Å². The minimum absolute atomic E-state index is 0.438. The van der Waals surface area contributed by atoms with E-state index in [2.05, 4.69) is 40.9 Å². The topological polar surface area (TPSA) is 29.9 Å². The van der Waals surface area contributed by atoms with E-state index in [1.807, 2.05) is 17.9 Å². The quantitative estimate of drug-likeness (QED) is 0.862. The molecule has 0 bridgehead atoms. The third kappa shape index (κ3) is 2.71. The molecular weight excluding hydrogens is 218 g/mol. The van der Waals surface area contributed by atoms with Gasteiger partial charge in [-0.3, -0.25) is 4.68 Å². The average Bonchev–Trinajstić information content (AvgIpc) is 2.90. The highest BCUT2D eigenvalue weighted by atomic mass is 32.1. The number of aromatic nitrogens is 2. The van der Waals surface area contributed by atoms with Crippen LogP contribution in [0, 0.1) is 0 Å². The fraction of sp³-hybridized carbons (Fsp3) is 0.417. The number of nitrogens with zero attached hydrogens (tertiary/aromatic N) is 2. The van der Waals surface area contributed by atoms with Gasteiger partial charge < -0.3 is 5.32 Å². The molecule has 0 fully saturated rings. The van der Waals surface area contributed by atoms with Crippen LogP contribution in [0.15, 0.2) is 29.8 Å². The van der Waals surface area contributed by atoms with Gasteiger partial charge in [0.25, 0.3) is 0 Å². The molecule has 4 heteroatoms. The van der Waals surface area contributed by atoms with Crippen LogP contribution in [0.1, 0.15) is 23.5 Å². The number of thiophene rings is 1. The molecule has 3 nitrogen and oxygen atoms in total. The lowest BCUT2D eigenvalue weighted by Gasteiger charge is -2.11. The van der Waals surface area contributed by atoms with E-state index in [0.29, 0.717) is 6.04 Å². The highest BCUT2D eigenvalue weighted by Crippen LogP contribution is 2.17. The second kappa shape index (κ2) is 5.27. The molecule has 0 radical (unpaired) electrons. The molecule has 0 amide bonds. The number of hydrogen-bond donors (Lipinski definition) is 1. The molecule has 0 saturated carbocycles. The highest BCUT2D eigenvalue weighted by molar-refractivity contribution is 7.10. The van der Waals surface area contributed by atoms with Gasteiger partial charge in [0.05, 0.1) is 0 Å². The highest BCUT2D eigenvalue weighted by Gasteiger charge is 2.05. The normalized spacial score (nSPS) is 12.9. The van der Waals surface area contributed by atoms with Gasteiger partial charge in [-0.1, -0.05) is 6.07 Å². The van der Waals surface area contributed by atoms with Crippen LogP contribution in [0.3, 0.4) is 0 Å². The SMILES string of the molecule is C[C@H](NCCc1ccnn1C)c1cccs1. The molecule has 0 aromatic carbocycles. The first-order valence-corrected chi connectivity index (χ1v) is 6.39. The van der Waals surface area contributed by atoms with Gasteiger partial charge in [-0.25, -0.2) is 0 Å². The number of nitrogens with one attached hydrogen (secondary N) is 1. The van der Waals surface area contributed by atoms with E-state index in [1.54, 1.807) is 11.3 Å². The summed E-state index contributed by atoms with van der Waals surface area (Å²) in [6, 6.07) is 6.77. The molecule has 2 aromatic heterocycles. The van der Waals surface area contributed by atoms with Gasteiger partial charge >= 0.3 is 0 Å². The zero-order valence-corrected chi connectivity index (χ0v) is 10.5. The maximum atomic E-state index is 4.16. The lowest BCUT2D eigenvalue weighted by molar-refractivity contribution is 0.570. The number of aryl methyl sites for hydroxylation is 1. The Balaban J connectivity index is 1.78. The summed E-state index contributed by atoms with van der Waals surface area (Å²) in [5, 5.41) is 9.79. The molecule has 0 aliphatic heterocycles. The molecule has 16 heavy (non-hydrogen) atoms. The minimum Gasteiger partial charge on any atom is -0.309 e. The fourth-order valence-electron chi connectivity index (χ4n) is 1.70. The Bertz CT molecular complexity index is 419. The first-order valence-electron chi connectivity index (χ1n) is 5.51. The second-order valence-corrected chi connectivity index (χ2v) is 4.87. The zero-order chi connectivity index (χ0) is 11.4. The van der Waals surface area contributed by atoms with Crippen molar-refractivity contribution in [3.8, 4) is 0 Å². The Labute approximate surface area is 100 Å². The minimum atomic E-state index is 0.438. The van der Waals surface area contributed by atoms with Gasteiger partial charge in [0.2, 0.25) is 0 Å². The van der Waals surface area contributed by atoms with Crippen molar-refractivity contribution in [3.63, 3.8) is 0 Å². The Hall–Kier alpha value is -1.13. The maximum Gasteiger partial charge on any atom is 0.0492 e. The van der Waals surface area contributed by atoms with Crippen LogP contribution in [0.25, 0.3) is 0 Å². The van der Waals surface area contributed by atoms with E-state index >= 15 is 0 Å². The van der Waals surface area contributed by atoms with E-state index < -0.39 is 0 Å². The Morgan fingerprint density at radius 3 is 3.00 bits per heavy atom. The summed E-state index contributed by atoms with van der Waals surface area (Å²) in [6.07, 6.45) is 2.87. The van der Waals surface area contributed by atoms with Gasteiger partial charge in [-0.2, -0.15) is 5.10 Å². The van der Waals surface area contributed by atoms with E-state index in [-0.39, 0.29) is 0 Å². The molecule has 2 rings (SSSR count). The predicted molar refractivity (Wildman–Crippen MR) is 67.6 cm³/mol. The monoisotopic (exact) mass is 235 g/mol. The molecule has 0 spiro atoms. The molecule has 86 valence electrons. The third-order valence-electron chi connectivity index (χ3n) is 2.72. The smallest absolute Gasteiger partial charge is 0.0492 e. The summed E-state index contributed by atoms with van der Waals surface area (Å²) >= 11 is 1.80. The molecule has 0 aliphatic carbocycles. The van der Waals surface area contributed by atoms with Crippen LogP contribution >= 0.6 is 11.3 Å². The van der Waals surface area contributed by atoms with Crippen molar-refractivity contribution in [1.82, 2.24) is 15.1 Å². The van der Waals surface area contributed by atoms with Crippen molar-refractivity contribution in [2.45, 2.75) is 19.4 Å². The molecular formula is C12H17N3S. The fourth-order valence-corrected chi connectivity index (χ4v) is 2.46. The second-order valence-electron chi connectivity index (χ2n) is 3.89. The van der Waals surface area contributed by atoms with Crippen molar-refractivity contribution in [3.05, 3.63) is 40.3 Å². The Morgan fingerprint density at radius 2 is 2.38 bits per heavy atom.